The van der Waals surface area contributed by atoms with Crippen molar-refractivity contribution < 1.29 is 9.52 Å². The summed E-state index contributed by atoms with van der Waals surface area (Å²) in [4.78, 5) is 5.38. The number of aliphatic hydroxyl groups is 1. The Morgan fingerprint density at radius 1 is 1.35 bits per heavy atom. The summed E-state index contributed by atoms with van der Waals surface area (Å²) in [6.45, 7) is 1.95. The molecular formula is C13H11NO2S. The fourth-order valence-corrected chi connectivity index (χ4v) is 2.78. The molecule has 3 rings (SSSR count). The molecule has 3 aromatic rings. The summed E-state index contributed by atoms with van der Waals surface area (Å²) in [5.74, 6) is 0. The highest BCUT2D eigenvalue weighted by atomic mass is 32.1. The molecule has 0 radical (unpaired) electrons. The quantitative estimate of drug-likeness (QED) is 0.753. The van der Waals surface area contributed by atoms with Crippen LogP contribution >= 0.6 is 11.3 Å². The maximum absolute atomic E-state index is 9.19. The molecule has 0 saturated heterocycles. The summed E-state index contributed by atoms with van der Waals surface area (Å²) < 4.78 is 5.49. The molecule has 0 bridgehead atoms. The number of aryl methyl sites for hydroxylation is 1. The lowest BCUT2D eigenvalue weighted by atomic mass is 10.2. The van der Waals surface area contributed by atoms with Gasteiger partial charge in [-0.2, -0.15) is 0 Å². The Kier molecular flexibility index (Phi) is 2.46. The number of thiazole rings is 1. The van der Waals surface area contributed by atoms with Gasteiger partial charge in [0.1, 0.15) is 16.9 Å². The summed E-state index contributed by atoms with van der Waals surface area (Å²) in [7, 11) is 0. The highest BCUT2D eigenvalue weighted by molar-refractivity contribution is 7.15. The Balaban J connectivity index is 2.20. The lowest BCUT2D eigenvalue weighted by Gasteiger charge is -1.90. The van der Waals surface area contributed by atoms with Crippen LogP contribution in [0.15, 0.2) is 34.9 Å². The highest BCUT2D eigenvalue weighted by Crippen LogP contribution is 2.34. The normalized spacial score (nSPS) is 11.2. The van der Waals surface area contributed by atoms with Crippen LogP contribution in [-0.4, -0.2) is 10.1 Å². The molecule has 0 spiro atoms. The van der Waals surface area contributed by atoms with Crippen LogP contribution in [0.25, 0.3) is 21.5 Å². The van der Waals surface area contributed by atoms with Crippen LogP contribution in [0.3, 0.4) is 0 Å². The van der Waals surface area contributed by atoms with Crippen molar-refractivity contribution in [1.29, 1.82) is 0 Å². The average molecular weight is 245 g/mol. The molecular weight excluding hydrogens is 234 g/mol. The third kappa shape index (κ3) is 1.66. The second-order valence-electron chi connectivity index (χ2n) is 3.83. The van der Waals surface area contributed by atoms with Gasteiger partial charge in [0.2, 0.25) is 0 Å². The lowest BCUT2D eigenvalue weighted by Crippen LogP contribution is -1.80. The molecule has 0 aliphatic rings. The van der Waals surface area contributed by atoms with Gasteiger partial charge in [-0.05, 0) is 13.0 Å². The number of nitrogens with zero attached hydrogens (tertiary/aromatic N) is 1. The number of aromatic nitrogens is 1. The molecule has 86 valence electrons. The van der Waals surface area contributed by atoms with Crippen molar-refractivity contribution in [3.05, 3.63) is 41.1 Å². The van der Waals surface area contributed by atoms with E-state index in [1.165, 1.54) is 11.3 Å². The van der Waals surface area contributed by atoms with Gasteiger partial charge in [0, 0.05) is 5.39 Å². The van der Waals surface area contributed by atoms with Crippen LogP contribution in [0.2, 0.25) is 0 Å². The van der Waals surface area contributed by atoms with E-state index in [9.17, 15) is 5.11 Å². The molecule has 2 aromatic heterocycles. The third-order valence-electron chi connectivity index (χ3n) is 2.75. The number of aliphatic hydroxyl groups excluding tert-OH is 1. The van der Waals surface area contributed by atoms with Crippen molar-refractivity contribution in [2.24, 2.45) is 0 Å². The third-order valence-corrected chi connectivity index (χ3v) is 3.92. The lowest BCUT2D eigenvalue weighted by molar-refractivity contribution is 0.284. The average Bonchev–Trinajstić information content (AvgIpc) is 2.92. The van der Waals surface area contributed by atoms with Crippen molar-refractivity contribution in [2.75, 3.05) is 0 Å². The molecule has 17 heavy (non-hydrogen) atoms. The SMILES string of the molecule is Cc1nc(-c2coc3ccccc23)sc1CO. The first-order valence-corrected chi connectivity index (χ1v) is 6.15. The minimum Gasteiger partial charge on any atom is -0.464 e. The Morgan fingerprint density at radius 2 is 2.18 bits per heavy atom. The van der Waals surface area contributed by atoms with Gasteiger partial charge in [0.05, 0.1) is 22.7 Å². The van der Waals surface area contributed by atoms with E-state index in [2.05, 4.69) is 4.98 Å². The molecule has 3 nitrogen and oxygen atoms in total. The standard InChI is InChI=1S/C13H11NO2S/c1-8-12(6-15)17-13(14-8)10-7-16-11-5-3-2-4-9(10)11/h2-5,7,15H,6H2,1H3. The zero-order valence-corrected chi connectivity index (χ0v) is 10.1. The maximum atomic E-state index is 9.19. The second kappa shape index (κ2) is 3.98. The van der Waals surface area contributed by atoms with Gasteiger partial charge in [-0.1, -0.05) is 18.2 Å². The van der Waals surface area contributed by atoms with E-state index in [1.54, 1.807) is 6.26 Å². The smallest absolute Gasteiger partial charge is 0.134 e. The molecule has 0 fully saturated rings. The van der Waals surface area contributed by atoms with E-state index < -0.39 is 0 Å². The minimum absolute atomic E-state index is 0.0410. The summed E-state index contributed by atoms with van der Waals surface area (Å²) in [5.41, 5.74) is 2.74. The maximum Gasteiger partial charge on any atom is 0.134 e. The predicted octanol–water partition coefficient (Wildman–Crippen LogP) is 3.36. The van der Waals surface area contributed by atoms with Gasteiger partial charge < -0.3 is 9.52 Å². The molecule has 0 unspecified atom stereocenters. The van der Waals surface area contributed by atoms with Gasteiger partial charge >= 0.3 is 0 Å². The highest BCUT2D eigenvalue weighted by Gasteiger charge is 2.13. The first-order valence-electron chi connectivity index (χ1n) is 5.33. The minimum atomic E-state index is 0.0410. The zero-order valence-electron chi connectivity index (χ0n) is 9.30. The van der Waals surface area contributed by atoms with Crippen LogP contribution in [0.5, 0.6) is 0 Å². The van der Waals surface area contributed by atoms with Gasteiger partial charge in [-0.3, -0.25) is 0 Å². The largest absolute Gasteiger partial charge is 0.464 e. The zero-order chi connectivity index (χ0) is 11.8. The molecule has 1 N–H and O–H groups in total. The van der Waals surface area contributed by atoms with Crippen molar-refractivity contribution in [3.8, 4) is 10.6 Å². The fraction of sp³-hybridized carbons (Fsp3) is 0.154. The fourth-order valence-electron chi connectivity index (χ4n) is 1.83. The number of furan rings is 1. The molecule has 0 saturated carbocycles. The molecule has 0 atom stereocenters. The van der Waals surface area contributed by atoms with Gasteiger partial charge in [0.15, 0.2) is 0 Å². The Morgan fingerprint density at radius 3 is 2.94 bits per heavy atom. The first-order chi connectivity index (χ1) is 8.29. The number of hydrogen-bond donors (Lipinski definition) is 1. The van der Waals surface area contributed by atoms with E-state index in [4.69, 9.17) is 4.42 Å². The Bertz CT molecular complexity index is 669. The number of fused-ring (bicyclic) bond motifs is 1. The van der Waals surface area contributed by atoms with Gasteiger partial charge in [-0.15, -0.1) is 11.3 Å². The van der Waals surface area contributed by atoms with Crippen molar-refractivity contribution in [1.82, 2.24) is 4.98 Å². The van der Waals surface area contributed by atoms with Crippen LogP contribution in [0.4, 0.5) is 0 Å². The van der Waals surface area contributed by atoms with Crippen LogP contribution in [0, 0.1) is 6.92 Å². The first kappa shape index (κ1) is 10.5. The van der Waals surface area contributed by atoms with Crippen LogP contribution < -0.4 is 0 Å². The monoisotopic (exact) mass is 245 g/mol. The summed E-state index contributed by atoms with van der Waals surface area (Å²) in [5, 5.41) is 11.1. The van der Waals surface area contributed by atoms with E-state index in [0.717, 1.165) is 32.1 Å². The van der Waals surface area contributed by atoms with E-state index in [0.29, 0.717) is 0 Å². The Hall–Kier alpha value is -1.65. The van der Waals surface area contributed by atoms with Crippen molar-refractivity contribution >= 4 is 22.3 Å². The molecule has 2 heterocycles. The van der Waals surface area contributed by atoms with Gasteiger partial charge in [-0.25, -0.2) is 4.98 Å². The summed E-state index contributed by atoms with van der Waals surface area (Å²) in [6.07, 6.45) is 1.73. The van der Waals surface area contributed by atoms with E-state index >= 15 is 0 Å². The molecule has 0 aliphatic heterocycles. The number of rotatable bonds is 2. The predicted molar refractivity (Wildman–Crippen MR) is 68.0 cm³/mol. The molecule has 0 aliphatic carbocycles. The van der Waals surface area contributed by atoms with Crippen LogP contribution in [0.1, 0.15) is 10.6 Å². The molecule has 0 amide bonds. The summed E-state index contributed by atoms with van der Waals surface area (Å²) >= 11 is 1.51. The second-order valence-corrected chi connectivity index (χ2v) is 4.91. The summed E-state index contributed by atoms with van der Waals surface area (Å²) in [6, 6.07) is 7.88. The topological polar surface area (TPSA) is 46.3 Å². The van der Waals surface area contributed by atoms with Gasteiger partial charge in [0.25, 0.3) is 0 Å². The Labute approximate surface area is 102 Å². The molecule has 1 aromatic carbocycles. The van der Waals surface area contributed by atoms with E-state index in [1.807, 2.05) is 31.2 Å². The van der Waals surface area contributed by atoms with Crippen LogP contribution in [-0.2, 0) is 6.61 Å². The molecule has 4 heteroatoms. The number of benzene rings is 1. The number of hydrogen-bond acceptors (Lipinski definition) is 4. The van der Waals surface area contributed by atoms with Crippen molar-refractivity contribution in [2.45, 2.75) is 13.5 Å². The number of para-hydroxylation sites is 1. The van der Waals surface area contributed by atoms with E-state index in [-0.39, 0.29) is 6.61 Å². The van der Waals surface area contributed by atoms with Crippen molar-refractivity contribution in [3.63, 3.8) is 0 Å².